The summed E-state index contributed by atoms with van der Waals surface area (Å²) in [5.74, 6) is -0.302. The SMILES string of the molecule is NCCCC[C@H](NC(=O)OCC1c2ccccc2-c2ccccc21)C(=O)Nc1ccccc1. The third-order valence-electron chi connectivity index (χ3n) is 5.94. The van der Waals surface area contributed by atoms with E-state index in [0.717, 1.165) is 24.0 Å². The van der Waals surface area contributed by atoms with Gasteiger partial charge in [-0.2, -0.15) is 0 Å². The highest BCUT2D eigenvalue weighted by Gasteiger charge is 2.29. The number of carbonyl (C=O) groups excluding carboxylic acids is 2. The van der Waals surface area contributed by atoms with E-state index in [2.05, 4.69) is 34.9 Å². The van der Waals surface area contributed by atoms with Gasteiger partial charge in [0, 0.05) is 11.6 Å². The fourth-order valence-electron chi connectivity index (χ4n) is 4.29. The van der Waals surface area contributed by atoms with Crippen LogP contribution in [0.25, 0.3) is 11.1 Å². The first-order valence-electron chi connectivity index (χ1n) is 11.3. The van der Waals surface area contributed by atoms with Gasteiger partial charge in [-0.1, -0.05) is 66.7 Å². The van der Waals surface area contributed by atoms with Gasteiger partial charge in [0.1, 0.15) is 12.6 Å². The Bertz CT molecular complexity index is 1060. The molecule has 0 heterocycles. The normalized spacial score (nSPS) is 13.0. The van der Waals surface area contributed by atoms with Crippen molar-refractivity contribution in [3.63, 3.8) is 0 Å². The highest BCUT2D eigenvalue weighted by molar-refractivity contribution is 5.96. The van der Waals surface area contributed by atoms with Gasteiger partial charge in [0.15, 0.2) is 0 Å². The molecule has 0 spiro atoms. The van der Waals surface area contributed by atoms with Crippen molar-refractivity contribution >= 4 is 17.7 Å². The molecule has 6 nitrogen and oxygen atoms in total. The van der Waals surface area contributed by atoms with Gasteiger partial charge in [-0.15, -0.1) is 0 Å². The van der Waals surface area contributed by atoms with Crippen LogP contribution in [0.3, 0.4) is 0 Å². The van der Waals surface area contributed by atoms with Crippen molar-refractivity contribution in [1.82, 2.24) is 5.32 Å². The molecule has 2 amide bonds. The van der Waals surface area contributed by atoms with Gasteiger partial charge < -0.3 is 21.1 Å². The minimum atomic E-state index is -0.701. The Balaban J connectivity index is 1.40. The number of hydrogen-bond donors (Lipinski definition) is 3. The highest BCUT2D eigenvalue weighted by atomic mass is 16.5. The molecule has 4 N–H and O–H groups in total. The number of anilines is 1. The average molecular weight is 444 g/mol. The summed E-state index contributed by atoms with van der Waals surface area (Å²) in [4.78, 5) is 25.5. The molecule has 4 rings (SSSR count). The third-order valence-corrected chi connectivity index (χ3v) is 5.94. The Morgan fingerprint density at radius 3 is 2.09 bits per heavy atom. The summed E-state index contributed by atoms with van der Waals surface area (Å²) in [5.41, 5.74) is 10.9. The average Bonchev–Trinajstić information content (AvgIpc) is 3.16. The summed E-state index contributed by atoms with van der Waals surface area (Å²) in [6, 6.07) is 24.8. The summed E-state index contributed by atoms with van der Waals surface area (Å²) in [5, 5.41) is 5.61. The summed E-state index contributed by atoms with van der Waals surface area (Å²) in [7, 11) is 0. The van der Waals surface area contributed by atoms with Gasteiger partial charge in [-0.05, 0) is 60.2 Å². The second-order valence-electron chi connectivity index (χ2n) is 8.16. The lowest BCUT2D eigenvalue weighted by Gasteiger charge is -2.20. The minimum absolute atomic E-state index is 0.0306. The number of unbranched alkanes of at least 4 members (excludes halogenated alkanes) is 1. The summed E-state index contributed by atoms with van der Waals surface area (Å²) in [6.07, 6.45) is 1.40. The number of hydrogen-bond acceptors (Lipinski definition) is 4. The van der Waals surface area contributed by atoms with E-state index in [1.54, 1.807) is 0 Å². The number of carbonyl (C=O) groups is 2. The van der Waals surface area contributed by atoms with Crippen molar-refractivity contribution in [3.05, 3.63) is 90.0 Å². The predicted molar refractivity (Wildman–Crippen MR) is 130 cm³/mol. The number of nitrogens with two attached hydrogens (primary N) is 1. The molecule has 0 fully saturated rings. The monoisotopic (exact) mass is 443 g/mol. The second-order valence-corrected chi connectivity index (χ2v) is 8.16. The van der Waals surface area contributed by atoms with Crippen LogP contribution < -0.4 is 16.4 Å². The van der Waals surface area contributed by atoms with Gasteiger partial charge >= 0.3 is 6.09 Å². The van der Waals surface area contributed by atoms with Crippen LogP contribution in [0.1, 0.15) is 36.3 Å². The van der Waals surface area contributed by atoms with Gasteiger partial charge in [0.05, 0.1) is 0 Å². The van der Waals surface area contributed by atoms with Crippen molar-refractivity contribution in [2.75, 3.05) is 18.5 Å². The van der Waals surface area contributed by atoms with Crippen LogP contribution >= 0.6 is 0 Å². The molecule has 1 aliphatic rings. The number of alkyl carbamates (subject to hydrolysis) is 1. The molecule has 0 aromatic heterocycles. The van der Waals surface area contributed by atoms with E-state index >= 15 is 0 Å². The number of nitrogens with one attached hydrogen (secondary N) is 2. The standard InChI is InChI=1S/C27H29N3O3/c28-17-9-8-16-25(26(31)29-19-10-2-1-3-11-19)30-27(32)33-18-24-22-14-6-4-12-20(22)21-13-5-7-15-23(21)24/h1-7,10-15,24-25H,8-9,16-18,28H2,(H,29,31)(H,30,32)/t25-/m0/s1. The molecule has 33 heavy (non-hydrogen) atoms. The van der Waals surface area contributed by atoms with Crippen LogP contribution in [0.2, 0.25) is 0 Å². The van der Waals surface area contributed by atoms with Crippen LogP contribution in [0.5, 0.6) is 0 Å². The number of amides is 2. The lowest BCUT2D eigenvalue weighted by atomic mass is 9.98. The zero-order valence-electron chi connectivity index (χ0n) is 18.5. The molecule has 170 valence electrons. The minimum Gasteiger partial charge on any atom is -0.449 e. The zero-order chi connectivity index (χ0) is 23.0. The molecule has 1 atom stereocenters. The topological polar surface area (TPSA) is 93.4 Å². The lowest BCUT2D eigenvalue weighted by Crippen LogP contribution is -2.44. The van der Waals surface area contributed by atoms with Crippen LogP contribution in [0, 0.1) is 0 Å². The largest absolute Gasteiger partial charge is 0.449 e. The van der Waals surface area contributed by atoms with Crippen LogP contribution in [0.15, 0.2) is 78.9 Å². The predicted octanol–water partition coefficient (Wildman–Crippen LogP) is 4.66. The molecule has 0 saturated carbocycles. The molecule has 3 aromatic rings. The molecule has 3 aromatic carbocycles. The van der Waals surface area contributed by atoms with E-state index < -0.39 is 12.1 Å². The first kappa shape index (κ1) is 22.6. The van der Waals surface area contributed by atoms with Crippen molar-refractivity contribution < 1.29 is 14.3 Å². The van der Waals surface area contributed by atoms with Gasteiger partial charge in [0.2, 0.25) is 5.91 Å². The number of ether oxygens (including phenoxy) is 1. The first-order valence-corrected chi connectivity index (χ1v) is 11.3. The molecular weight excluding hydrogens is 414 g/mol. The van der Waals surface area contributed by atoms with Gasteiger partial charge in [-0.3, -0.25) is 4.79 Å². The summed E-state index contributed by atoms with van der Waals surface area (Å²) < 4.78 is 5.62. The van der Waals surface area contributed by atoms with E-state index in [1.165, 1.54) is 11.1 Å². The van der Waals surface area contributed by atoms with Gasteiger partial charge in [0.25, 0.3) is 0 Å². The molecule has 0 bridgehead atoms. The smallest absolute Gasteiger partial charge is 0.407 e. The lowest BCUT2D eigenvalue weighted by molar-refractivity contribution is -0.118. The van der Waals surface area contributed by atoms with Crippen molar-refractivity contribution in [2.45, 2.75) is 31.2 Å². The Hall–Kier alpha value is -3.64. The van der Waals surface area contributed by atoms with Crippen LogP contribution in [-0.4, -0.2) is 31.2 Å². The third kappa shape index (κ3) is 5.41. The van der Waals surface area contributed by atoms with Gasteiger partial charge in [-0.25, -0.2) is 4.79 Å². The number of rotatable bonds is 9. The highest BCUT2D eigenvalue weighted by Crippen LogP contribution is 2.44. The maximum absolute atomic E-state index is 12.8. The fraction of sp³-hybridized carbons (Fsp3) is 0.259. The van der Waals surface area contributed by atoms with E-state index in [9.17, 15) is 9.59 Å². The molecule has 6 heteroatoms. The number of benzene rings is 3. The first-order chi connectivity index (χ1) is 16.2. The van der Waals surface area contributed by atoms with Crippen molar-refractivity contribution in [2.24, 2.45) is 5.73 Å². The Labute approximate surface area is 194 Å². The maximum atomic E-state index is 12.8. The number of fused-ring (bicyclic) bond motifs is 3. The quantitative estimate of drug-likeness (QED) is 0.419. The van der Waals surface area contributed by atoms with E-state index in [4.69, 9.17) is 10.5 Å². The molecule has 0 radical (unpaired) electrons. The Kier molecular flexibility index (Phi) is 7.37. The summed E-state index contributed by atoms with van der Waals surface area (Å²) in [6.45, 7) is 0.744. The molecule has 1 aliphatic carbocycles. The second kappa shape index (κ2) is 10.8. The summed E-state index contributed by atoms with van der Waals surface area (Å²) >= 11 is 0. The van der Waals surface area contributed by atoms with Crippen LogP contribution in [-0.2, 0) is 9.53 Å². The van der Waals surface area contributed by atoms with Crippen LogP contribution in [0.4, 0.5) is 10.5 Å². The van der Waals surface area contributed by atoms with E-state index in [-0.39, 0.29) is 18.4 Å². The fourth-order valence-corrected chi connectivity index (χ4v) is 4.29. The molecule has 0 saturated heterocycles. The Morgan fingerprint density at radius 1 is 0.848 bits per heavy atom. The number of para-hydroxylation sites is 1. The van der Waals surface area contributed by atoms with E-state index in [0.29, 0.717) is 18.7 Å². The molecular formula is C27H29N3O3. The molecule has 0 aliphatic heterocycles. The van der Waals surface area contributed by atoms with E-state index in [1.807, 2.05) is 54.6 Å². The Morgan fingerprint density at radius 2 is 1.45 bits per heavy atom. The van der Waals surface area contributed by atoms with Crippen molar-refractivity contribution in [1.29, 1.82) is 0 Å². The maximum Gasteiger partial charge on any atom is 0.407 e. The molecule has 0 unspecified atom stereocenters. The van der Waals surface area contributed by atoms with Crippen molar-refractivity contribution in [3.8, 4) is 11.1 Å². The zero-order valence-corrected chi connectivity index (χ0v) is 18.5.